The van der Waals surface area contributed by atoms with Crippen LogP contribution in [0, 0.1) is 0 Å². The van der Waals surface area contributed by atoms with E-state index >= 15 is 0 Å². The molecule has 10 heteroatoms. The standard InChI is InChI=1S/C21H18N2O7S/c1-2-23-19(27)17(9-12-3-6-14(7-4-12)30-11-18(25)26)31-21(23)22-16-8-5-13(24)10-15(16)20(28)29/h3-10,24H,2,11H2,1H3,(H,25,26)(H,28,29)/b17-9-,22-21?. The van der Waals surface area contributed by atoms with Gasteiger partial charge < -0.3 is 20.1 Å². The zero-order valence-corrected chi connectivity index (χ0v) is 17.1. The number of phenols is 1. The number of hydrogen-bond acceptors (Lipinski definition) is 7. The quantitative estimate of drug-likeness (QED) is 0.556. The minimum absolute atomic E-state index is 0.125. The van der Waals surface area contributed by atoms with Gasteiger partial charge in [0.2, 0.25) is 0 Å². The molecule has 2 aromatic rings. The number of aliphatic carboxylic acids is 1. The third-order valence-electron chi connectivity index (χ3n) is 4.17. The van der Waals surface area contributed by atoms with E-state index in [0.29, 0.717) is 27.9 Å². The van der Waals surface area contributed by atoms with E-state index in [1.54, 1.807) is 37.3 Å². The van der Waals surface area contributed by atoms with Crippen molar-refractivity contribution < 1.29 is 34.4 Å². The summed E-state index contributed by atoms with van der Waals surface area (Å²) in [4.78, 5) is 41.0. The Labute approximate surface area is 181 Å². The Kier molecular flexibility index (Phi) is 6.61. The number of carbonyl (C=O) groups excluding carboxylic acids is 1. The molecule has 1 aliphatic heterocycles. The van der Waals surface area contributed by atoms with Gasteiger partial charge in [0.05, 0.1) is 16.2 Å². The van der Waals surface area contributed by atoms with Gasteiger partial charge in [-0.25, -0.2) is 14.6 Å². The molecule has 0 bridgehead atoms. The number of carbonyl (C=O) groups is 3. The lowest BCUT2D eigenvalue weighted by molar-refractivity contribution is -0.139. The highest BCUT2D eigenvalue weighted by Gasteiger charge is 2.32. The number of thioether (sulfide) groups is 1. The molecule has 160 valence electrons. The fraction of sp³-hybridized carbons (Fsp3) is 0.143. The number of nitrogens with zero attached hydrogens (tertiary/aromatic N) is 2. The van der Waals surface area contributed by atoms with Crippen molar-refractivity contribution in [3.8, 4) is 11.5 Å². The second-order valence-electron chi connectivity index (χ2n) is 6.31. The minimum Gasteiger partial charge on any atom is -0.508 e. The number of hydrogen-bond donors (Lipinski definition) is 3. The first-order valence-electron chi connectivity index (χ1n) is 9.09. The van der Waals surface area contributed by atoms with Crippen molar-refractivity contribution in [3.63, 3.8) is 0 Å². The van der Waals surface area contributed by atoms with E-state index in [0.717, 1.165) is 17.8 Å². The number of aromatic hydroxyl groups is 1. The first-order chi connectivity index (χ1) is 14.8. The highest BCUT2D eigenvalue weighted by atomic mass is 32.2. The summed E-state index contributed by atoms with van der Waals surface area (Å²) >= 11 is 1.11. The van der Waals surface area contributed by atoms with Crippen molar-refractivity contribution in [2.24, 2.45) is 4.99 Å². The van der Waals surface area contributed by atoms with Crippen LogP contribution >= 0.6 is 11.8 Å². The molecule has 3 rings (SSSR count). The van der Waals surface area contributed by atoms with E-state index in [1.165, 1.54) is 17.0 Å². The number of amidine groups is 1. The second-order valence-corrected chi connectivity index (χ2v) is 7.32. The monoisotopic (exact) mass is 442 g/mol. The van der Waals surface area contributed by atoms with E-state index in [9.17, 15) is 24.6 Å². The van der Waals surface area contributed by atoms with Crippen molar-refractivity contribution >= 4 is 46.5 Å². The fourth-order valence-electron chi connectivity index (χ4n) is 2.72. The maximum atomic E-state index is 12.8. The maximum absolute atomic E-state index is 12.8. The summed E-state index contributed by atoms with van der Waals surface area (Å²) in [6, 6.07) is 10.4. The van der Waals surface area contributed by atoms with Gasteiger partial charge in [-0.2, -0.15) is 0 Å². The molecular weight excluding hydrogens is 424 g/mol. The molecule has 0 radical (unpaired) electrons. The number of aliphatic imine (C=N–C) groups is 1. The summed E-state index contributed by atoms with van der Waals surface area (Å²) in [5.41, 5.74) is 0.651. The van der Waals surface area contributed by atoms with Crippen LogP contribution in [0.25, 0.3) is 6.08 Å². The number of likely N-dealkylation sites (N-methyl/N-ethyl adjacent to an activating group) is 1. The third-order valence-corrected chi connectivity index (χ3v) is 5.18. The molecule has 0 aromatic heterocycles. The topological polar surface area (TPSA) is 137 Å². The van der Waals surface area contributed by atoms with E-state index in [-0.39, 0.29) is 22.9 Å². The molecule has 2 aromatic carbocycles. The summed E-state index contributed by atoms with van der Waals surface area (Å²) in [5.74, 6) is -2.40. The van der Waals surface area contributed by atoms with Crippen LogP contribution in [-0.2, 0) is 9.59 Å². The predicted octanol–water partition coefficient (Wildman–Crippen LogP) is 3.18. The summed E-state index contributed by atoms with van der Waals surface area (Å²) in [6.45, 7) is 1.67. The lowest BCUT2D eigenvalue weighted by Crippen LogP contribution is -2.28. The van der Waals surface area contributed by atoms with Crippen molar-refractivity contribution in [2.45, 2.75) is 6.92 Å². The Hall–Kier alpha value is -3.79. The molecule has 3 N–H and O–H groups in total. The molecule has 1 heterocycles. The number of amides is 1. The molecule has 0 aliphatic carbocycles. The van der Waals surface area contributed by atoms with Crippen molar-refractivity contribution in [2.75, 3.05) is 13.2 Å². The molecule has 0 spiro atoms. The highest BCUT2D eigenvalue weighted by Crippen LogP contribution is 2.35. The van der Waals surface area contributed by atoms with Crippen LogP contribution in [0.1, 0.15) is 22.8 Å². The van der Waals surface area contributed by atoms with Gasteiger partial charge in [0.1, 0.15) is 11.5 Å². The van der Waals surface area contributed by atoms with Crippen LogP contribution in [0.2, 0.25) is 0 Å². The number of carboxylic acids is 2. The Bertz CT molecular complexity index is 1090. The van der Waals surface area contributed by atoms with E-state index < -0.39 is 18.5 Å². The zero-order valence-electron chi connectivity index (χ0n) is 16.3. The summed E-state index contributed by atoms with van der Waals surface area (Å²) in [5, 5.41) is 27.9. The molecule has 0 unspecified atom stereocenters. The normalized spacial score (nSPS) is 16.2. The van der Waals surface area contributed by atoms with E-state index in [2.05, 4.69) is 4.99 Å². The van der Waals surface area contributed by atoms with Crippen molar-refractivity contribution in [1.82, 2.24) is 4.90 Å². The lowest BCUT2D eigenvalue weighted by atomic mass is 10.2. The molecule has 1 amide bonds. The number of ether oxygens (including phenoxy) is 1. The Morgan fingerprint density at radius 1 is 1.16 bits per heavy atom. The Morgan fingerprint density at radius 2 is 1.87 bits per heavy atom. The van der Waals surface area contributed by atoms with Gasteiger partial charge >= 0.3 is 11.9 Å². The molecule has 0 saturated carbocycles. The fourth-order valence-corrected chi connectivity index (χ4v) is 3.78. The van der Waals surface area contributed by atoms with Crippen LogP contribution < -0.4 is 4.74 Å². The predicted molar refractivity (Wildman–Crippen MR) is 115 cm³/mol. The van der Waals surface area contributed by atoms with Gasteiger partial charge in [-0.15, -0.1) is 0 Å². The maximum Gasteiger partial charge on any atom is 0.341 e. The van der Waals surface area contributed by atoms with Crippen LogP contribution in [0.5, 0.6) is 11.5 Å². The molecule has 0 atom stereocenters. The molecule has 1 aliphatic rings. The zero-order chi connectivity index (χ0) is 22.5. The lowest BCUT2D eigenvalue weighted by Gasteiger charge is -2.12. The van der Waals surface area contributed by atoms with Gasteiger partial charge in [0, 0.05) is 6.54 Å². The SMILES string of the molecule is CCN1C(=O)/C(=C/c2ccc(OCC(=O)O)cc2)SC1=Nc1ccc(O)cc1C(=O)O. The second kappa shape index (κ2) is 9.35. The van der Waals surface area contributed by atoms with E-state index in [1.807, 2.05) is 0 Å². The average molecular weight is 442 g/mol. The largest absolute Gasteiger partial charge is 0.508 e. The Balaban J connectivity index is 1.87. The van der Waals surface area contributed by atoms with E-state index in [4.69, 9.17) is 9.84 Å². The third kappa shape index (κ3) is 5.23. The van der Waals surface area contributed by atoms with Gasteiger partial charge in [-0.1, -0.05) is 12.1 Å². The van der Waals surface area contributed by atoms with Crippen LogP contribution in [0.3, 0.4) is 0 Å². The summed E-state index contributed by atoms with van der Waals surface area (Å²) < 4.78 is 5.08. The smallest absolute Gasteiger partial charge is 0.341 e. The molecule has 31 heavy (non-hydrogen) atoms. The van der Waals surface area contributed by atoms with Gasteiger partial charge in [-0.3, -0.25) is 9.69 Å². The van der Waals surface area contributed by atoms with Crippen LogP contribution in [-0.4, -0.2) is 56.4 Å². The Morgan fingerprint density at radius 3 is 2.48 bits per heavy atom. The first kappa shape index (κ1) is 21.9. The number of carboxylic acid groups (broad SMARTS) is 2. The van der Waals surface area contributed by atoms with Gasteiger partial charge in [0.25, 0.3) is 5.91 Å². The number of rotatable bonds is 7. The summed E-state index contributed by atoms with van der Waals surface area (Å²) in [7, 11) is 0. The highest BCUT2D eigenvalue weighted by molar-refractivity contribution is 8.18. The number of benzene rings is 2. The van der Waals surface area contributed by atoms with Crippen molar-refractivity contribution in [3.05, 3.63) is 58.5 Å². The van der Waals surface area contributed by atoms with Crippen LogP contribution in [0.15, 0.2) is 52.4 Å². The first-order valence-corrected chi connectivity index (χ1v) is 9.91. The molecule has 1 saturated heterocycles. The minimum atomic E-state index is -1.24. The molecular formula is C21H18N2O7S. The molecule has 9 nitrogen and oxygen atoms in total. The summed E-state index contributed by atoms with van der Waals surface area (Å²) in [6.07, 6.45) is 1.66. The van der Waals surface area contributed by atoms with Crippen LogP contribution in [0.4, 0.5) is 5.69 Å². The molecule has 1 fully saturated rings. The number of aromatic carboxylic acids is 1. The average Bonchev–Trinajstić information content (AvgIpc) is 3.02. The van der Waals surface area contributed by atoms with Gasteiger partial charge in [0.15, 0.2) is 11.8 Å². The number of phenolic OH excluding ortho intramolecular Hbond substituents is 1. The van der Waals surface area contributed by atoms with Crippen molar-refractivity contribution in [1.29, 1.82) is 0 Å². The van der Waals surface area contributed by atoms with Gasteiger partial charge in [-0.05, 0) is 60.7 Å².